The van der Waals surface area contributed by atoms with Crippen molar-refractivity contribution in [1.29, 1.82) is 0 Å². The second-order valence-corrected chi connectivity index (χ2v) is 7.96. The highest BCUT2D eigenvalue weighted by atomic mass is 19.1. The molecule has 3 aromatic carbocycles. The van der Waals surface area contributed by atoms with E-state index in [2.05, 4.69) is 15.3 Å². The molecule has 0 aliphatic heterocycles. The molecule has 0 bridgehead atoms. The smallest absolute Gasteiger partial charge is 0.275 e. The van der Waals surface area contributed by atoms with Gasteiger partial charge in [0.25, 0.3) is 11.8 Å². The monoisotopic (exact) mass is 472 g/mol. The Hall–Kier alpha value is -4.46. The van der Waals surface area contributed by atoms with Crippen LogP contribution in [0.3, 0.4) is 0 Å². The van der Waals surface area contributed by atoms with Gasteiger partial charge in [-0.2, -0.15) is 0 Å². The second kappa shape index (κ2) is 10.6. The van der Waals surface area contributed by atoms with Crippen LogP contribution in [0, 0.1) is 18.6 Å². The maximum atomic E-state index is 13.7. The molecule has 1 aromatic heterocycles. The van der Waals surface area contributed by atoms with Crippen LogP contribution in [0.15, 0.2) is 91.4 Å². The van der Waals surface area contributed by atoms with Crippen molar-refractivity contribution in [2.45, 2.75) is 19.5 Å². The lowest BCUT2D eigenvalue weighted by Crippen LogP contribution is -2.41. The lowest BCUT2D eigenvalue weighted by Gasteiger charge is -2.31. The normalized spacial score (nSPS) is 11.5. The zero-order valence-electron chi connectivity index (χ0n) is 18.9. The highest BCUT2D eigenvalue weighted by Gasteiger charge is 2.33. The van der Waals surface area contributed by atoms with E-state index in [4.69, 9.17) is 0 Å². The molecule has 0 saturated heterocycles. The van der Waals surface area contributed by atoms with E-state index in [1.807, 2.05) is 31.2 Å². The fraction of sp³-hybridized carbons (Fsp3) is 0.111. The van der Waals surface area contributed by atoms with Crippen LogP contribution >= 0.6 is 0 Å². The van der Waals surface area contributed by atoms with Crippen molar-refractivity contribution in [2.24, 2.45) is 0 Å². The molecule has 0 spiro atoms. The third-order valence-corrected chi connectivity index (χ3v) is 5.37. The maximum absolute atomic E-state index is 13.7. The molecule has 0 fully saturated rings. The van der Waals surface area contributed by atoms with E-state index in [1.165, 1.54) is 72.0 Å². The van der Waals surface area contributed by atoms with Gasteiger partial charge in [0.1, 0.15) is 23.4 Å². The Kier molecular flexibility index (Phi) is 7.21. The molecular weight excluding hydrogens is 450 g/mol. The average molecular weight is 472 g/mol. The maximum Gasteiger partial charge on any atom is 0.275 e. The number of carbonyl (C=O) groups excluding carboxylic acids is 2. The minimum atomic E-state index is -1.14. The molecule has 1 atom stereocenters. The van der Waals surface area contributed by atoms with Crippen LogP contribution in [0.2, 0.25) is 0 Å². The summed E-state index contributed by atoms with van der Waals surface area (Å²) in [6.07, 6.45) is 4.16. The van der Waals surface area contributed by atoms with Crippen LogP contribution in [-0.4, -0.2) is 26.7 Å². The number of halogens is 2. The molecule has 35 heavy (non-hydrogen) atoms. The van der Waals surface area contributed by atoms with Gasteiger partial charge in [-0.05, 0) is 54.4 Å². The lowest BCUT2D eigenvalue weighted by atomic mass is 10.0. The highest BCUT2D eigenvalue weighted by Crippen LogP contribution is 2.27. The SMILES string of the molecule is Cc1ccc(CN(C(=O)c2cnccn2)[C@H](C(=O)Nc2ccc(F)cc2)c2ccc(F)cc2)cc1. The first-order chi connectivity index (χ1) is 16.9. The first-order valence-electron chi connectivity index (χ1n) is 10.8. The van der Waals surface area contributed by atoms with E-state index in [0.717, 1.165) is 11.1 Å². The van der Waals surface area contributed by atoms with Crippen molar-refractivity contribution in [2.75, 3.05) is 5.32 Å². The summed E-state index contributed by atoms with van der Waals surface area (Å²) in [7, 11) is 0. The molecule has 2 amide bonds. The van der Waals surface area contributed by atoms with Crippen LogP contribution in [0.5, 0.6) is 0 Å². The van der Waals surface area contributed by atoms with Gasteiger partial charge in [0, 0.05) is 24.6 Å². The van der Waals surface area contributed by atoms with Crippen LogP contribution in [0.4, 0.5) is 14.5 Å². The summed E-state index contributed by atoms with van der Waals surface area (Å²) in [5, 5.41) is 2.73. The van der Waals surface area contributed by atoms with Crippen LogP contribution in [0.25, 0.3) is 0 Å². The molecule has 6 nitrogen and oxygen atoms in total. The summed E-state index contributed by atoms with van der Waals surface area (Å²) in [5.74, 6) is -2.00. The highest BCUT2D eigenvalue weighted by molar-refractivity contribution is 6.00. The number of aromatic nitrogens is 2. The number of amides is 2. The van der Waals surface area contributed by atoms with Gasteiger partial charge in [0.2, 0.25) is 0 Å². The van der Waals surface area contributed by atoms with Crippen LogP contribution in [0.1, 0.15) is 33.2 Å². The fourth-order valence-corrected chi connectivity index (χ4v) is 3.59. The van der Waals surface area contributed by atoms with E-state index in [9.17, 15) is 18.4 Å². The Morgan fingerprint density at radius 1 is 0.886 bits per heavy atom. The molecule has 4 rings (SSSR count). The number of aryl methyl sites for hydroxylation is 1. The van der Waals surface area contributed by atoms with Gasteiger partial charge < -0.3 is 10.2 Å². The Labute approximate surface area is 201 Å². The minimum absolute atomic E-state index is 0.0568. The molecule has 0 aliphatic rings. The second-order valence-electron chi connectivity index (χ2n) is 7.96. The summed E-state index contributed by atoms with van der Waals surface area (Å²) >= 11 is 0. The quantitative estimate of drug-likeness (QED) is 0.407. The predicted molar refractivity (Wildman–Crippen MR) is 127 cm³/mol. The fourth-order valence-electron chi connectivity index (χ4n) is 3.59. The van der Waals surface area contributed by atoms with Crippen LogP contribution < -0.4 is 5.32 Å². The van der Waals surface area contributed by atoms with E-state index in [1.54, 1.807) is 0 Å². The number of carbonyl (C=O) groups is 2. The number of rotatable bonds is 7. The van der Waals surface area contributed by atoms with Gasteiger partial charge in [-0.15, -0.1) is 0 Å². The van der Waals surface area contributed by atoms with Crippen molar-refractivity contribution in [3.8, 4) is 0 Å². The summed E-state index contributed by atoms with van der Waals surface area (Å²) < 4.78 is 27.1. The Bertz CT molecular complexity index is 1300. The van der Waals surface area contributed by atoms with E-state index in [-0.39, 0.29) is 12.2 Å². The summed E-state index contributed by atoms with van der Waals surface area (Å²) in [6, 6.07) is 17.1. The van der Waals surface area contributed by atoms with Crippen molar-refractivity contribution < 1.29 is 18.4 Å². The average Bonchev–Trinajstić information content (AvgIpc) is 2.87. The predicted octanol–water partition coefficient (Wildman–Crippen LogP) is 5.09. The van der Waals surface area contributed by atoms with Crippen molar-refractivity contribution in [3.63, 3.8) is 0 Å². The number of anilines is 1. The Morgan fingerprint density at radius 3 is 2.11 bits per heavy atom. The molecule has 1 N–H and O–H groups in total. The van der Waals surface area contributed by atoms with E-state index >= 15 is 0 Å². The number of nitrogens with zero attached hydrogens (tertiary/aromatic N) is 3. The van der Waals surface area contributed by atoms with Crippen LogP contribution in [-0.2, 0) is 11.3 Å². The standard InChI is InChI=1S/C27H22F2N4O2/c1-18-2-4-19(5-3-18)17-33(27(35)24-16-30-14-15-31-24)25(20-6-8-21(28)9-7-20)26(34)32-23-12-10-22(29)11-13-23/h2-16,25H,17H2,1H3,(H,32,34)/t25-/m0/s1. The minimum Gasteiger partial charge on any atom is -0.324 e. The molecule has 8 heteroatoms. The van der Waals surface area contributed by atoms with Gasteiger partial charge >= 0.3 is 0 Å². The van der Waals surface area contributed by atoms with Crippen molar-refractivity contribution >= 4 is 17.5 Å². The molecular formula is C27H22F2N4O2. The van der Waals surface area contributed by atoms with Gasteiger partial charge in [-0.3, -0.25) is 14.6 Å². The zero-order valence-corrected chi connectivity index (χ0v) is 18.9. The Balaban J connectivity index is 1.77. The Morgan fingerprint density at radius 2 is 1.51 bits per heavy atom. The van der Waals surface area contributed by atoms with Crippen molar-refractivity contribution in [3.05, 3.63) is 125 Å². The number of hydrogen-bond donors (Lipinski definition) is 1. The van der Waals surface area contributed by atoms with E-state index < -0.39 is 29.5 Å². The number of hydrogen-bond acceptors (Lipinski definition) is 4. The van der Waals surface area contributed by atoms with Gasteiger partial charge in [-0.25, -0.2) is 13.8 Å². The van der Waals surface area contributed by atoms with Crippen molar-refractivity contribution in [1.82, 2.24) is 14.9 Å². The van der Waals surface area contributed by atoms with Gasteiger partial charge in [-0.1, -0.05) is 42.0 Å². The molecule has 0 aliphatic carbocycles. The van der Waals surface area contributed by atoms with E-state index in [0.29, 0.717) is 11.3 Å². The molecule has 176 valence electrons. The third kappa shape index (κ3) is 5.92. The number of benzene rings is 3. The molecule has 0 saturated carbocycles. The molecule has 1 heterocycles. The van der Waals surface area contributed by atoms with Gasteiger partial charge in [0.15, 0.2) is 0 Å². The third-order valence-electron chi connectivity index (χ3n) is 5.37. The summed E-state index contributed by atoms with van der Waals surface area (Å²) in [6.45, 7) is 2.03. The summed E-state index contributed by atoms with van der Waals surface area (Å²) in [4.78, 5) is 36.6. The number of nitrogens with one attached hydrogen (secondary N) is 1. The molecule has 4 aromatic rings. The first-order valence-corrected chi connectivity index (χ1v) is 10.8. The molecule has 0 radical (unpaired) electrons. The lowest BCUT2D eigenvalue weighted by molar-refractivity contribution is -0.121. The largest absolute Gasteiger partial charge is 0.324 e. The zero-order chi connectivity index (χ0) is 24.8. The van der Waals surface area contributed by atoms with Gasteiger partial charge in [0.05, 0.1) is 6.20 Å². The summed E-state index contributed by atoms with van der Waals surface area (Å²) in [5.41, 5.74) is 2.64. The first kappa shape index (κ1) is 23.7. The molecule has 0 unspecified atom stereocenters. The topological polar surface area (TPSA) is 75.2 Å².